The van der Waals surface area contributed by atoms with E-state index in [0.29, 0.717) is 13.1 Å². The number of β-amino-alcohol motifs (C(OH)–C–C–N with tert-alkyl or cyclic N) is 1. The van der Waals surface area contributed by atoms with E-state index in [9.17, 15) is 20.4 Å². The number of anilines is 2. The molecule has 2 aromatic carbocycles. The standard InChI is InChI=1S/C25H35N3O5/c1-17-10-20(12-21(11-17)27-6-8-33-9-7-27)26-13-18-2-4-19(5-3-18)14-28-15-23(30)25(32)24(31)22(28)16-29/h2-5,10-12,22-26,29-32H,6-9,13-16H2,1H3/t22-,23+,24-,25-/m1/s1. The largest absolute Gasteiger partial charge is 0.395 e. The summed E-state index contributed by atoms with van der Waals surface area (Å²) in [5, 5.41) is 43.2. The van der Waals surface area contributed by atoms with Gasteiger partial charge in [0.2, 0.25) is 0 Å². The van der Waals surface area contributed by atoms with Crippen LogP contribution in [0.3, 0.4) is 0 Å². The van der Waals surface area contributed by atoms with Crippen molar-refractivity contribution in [2.45, 2.75) is 44.4 Å². The summed E-state index contributed by atoms with van der Waals surface area (Å²) in [4.78, 5) is 4.17. The van der Waals surface area contributed by atoms with Crippen LogP contribution in [0.15, 0.2) is 42.5 Å². The minimum Gasteiger partial charge on any atom is -0.395 e. The van der Waals surface area contributed by atoms with Crippen molar-refractivity contribution in [2.24, 2.45) is 0 Å². The van der Waals surface area contributed by atoms with Crippen LogP contribution in [-0.2, 0) is 17.8 Å². The van der Waals surface area contributed by atoms with E-state index in [0.717, 1.165) is 43.1 Å². The molecule has 0 aromatic heterocycles. The second-order valence-corrected chi connectivity index (χ2v) is 9.05. The molecule has 2 fully saturated rings. The third-order valence-corrected chi connectivity index (χ3v) is 6.56. The first-order chi connectivity index (χ1) is 15.9. The smallest absolute Gasteiger partial charge is 0.109 e. The Morgan fingerprint density at radius 1 is 0.970 bits per heavy atom. The Labute approximate surface area is 195 Å². The predicted octanol–water partition coefficient (Wildman–Crippen LogP) is 0.703. The molecule has 0 unspecified atom stereocenters. The summed E-state index contributed by atoms with van der Waals surface area (Å²) in [7, 11) is 0. The van der Waals surface area contributed by atoms with E-state index in [1.165, 1.54) is 11.3 Å². The third-order valence-electron chi connectivity index (χ3n) is 6.56. The lowest BCUT2D eigenvalue weighted by Gasteiger charge is -2.43. The highest BCUT2D eigenvalue weighted by atomic mass is 16.5. The maximum Gasteiger partial charge on any atom is 0.109 e. The fourth-order valence-corrected chi connectivity index (χ4v) is 4.63. The molecule has 0 bridgehead atoms. The lowest BCUT2D eigenvalue weighted by Crippen LogP contribution is -2.62. The van der Waals surface area contributed by atoms with Crippen LogP contribution in [0, 0.1) is 6.92 Å². The number of nitrogens with one attached hydrogen (secondary N) is 1. The molecule has 8 heteroatoms. The minimum absolute atomic E-state index is 0.200. The lowest BCUT2D eigenvalue weighted by atomic mass is 9.93. The van der Waals surface area contributed by atoms with Gasteiger partial charge in [-0.05, 0) is 41.8 Å². The summed E-state index contributed by atoms with van der Waals surface area (Å²) in [6.45, 7) is 6.53. The molecule has 2 heterocycles. The molecule has 0 saturated carbocycles. The molecule has 5 N–H and O–H groups in total. The Balaban J connectivity index is 1.36. The number of benzene rings is 2. The van der Waals surface area contributed by atoms with Crippen LogP contribution < -0.4 is 10.2 Å². The molecule has 33 heavy (non-hydrogen) atoms. The van der Waals surface area contributed by atoms with E-state index >= 15 is 0 Å². The van der Waals surface area contributed by atoms with Gasteiger partial charge in [-0.2, -0.15) is 0 Å². The monoisotopic (exact) mass is 457 g/mol. The predicted molar refractivity (Wildman–Crippen MR) is 127 cm³/mol. The second kappa shape index (κ2) is 10.8. The molecule has 0 spiro atoms. The number of piperidine rings is 1. The molecule has 0 aliphatic carbocycles. The van der Waals surface area contributed by atoms with Crippen molar-refractivity contribution < 1.29 is 25.2 Å². The van der Waals surface area contributed by atoms with Gasteiger partial charge in [0.1, 0.15) is 12.2 Å². The van der Waals surface area contributed by atoms with Crippen molar-refractivity contribution in [3.63, 3.8) is 0 Å². The SMILES string of the molecule is Cc1cc(NCc2ccc(CN3C[C@H](O)[C@@H](O)[C@H](O)[C@H]3CO)cc2)cc(N2CCOCC2)c1. The number of nitrogens with zero attached hydrogens (tertiary/aromatic N) is 2. The van der Waals surface area contributed by atoms with Crippen LogP contribution in [0.1, 0.15) is 16.7 Å². The van der Waals surface area contributed by atoms with Crippen LogP contribution in [0.5, 0.6) is 0 Å². The molecule has 2 saturated heterocycles. The number of likely N-dealkylation sites (tertiary alicyclic amines) is 1. The fourth-order valence-electron chi connectivity index (χ4n) is 4.63. The Morgan fingerprint density at radius 3 is 2.36 bits per heavy atom. The second-order valence-electron chi connectivity index (χ2n) is 9.05. The summed E-state index contributed by atoms with van der Waals surface area (Å²) in [6, 6.07) is 14.1. The lowest BCUT2D eigenvalue weighted by molar-refractivity contribution is -0.147. The molecule has 2 aromatic rings. The van der Waals surface area contributed by atoms with Gasteiger partial charge in [-0.1, -0.05) is 24.3 Å². The highest BCUT2D eigenvalue weighted by Crippen LogP contribution is 2.24. The number of hydrogen-bond donors (Lipinski definition) is 5. The Morgan fingerprint density at radius 2 is 1.67 bits per heavy atom. The summed E-state index contributed by atoms with van der Waals surface area (Å²) in [5.74, 6) is 0. The van der Waals surface area contributed by atoms with Crippen LogP contribution in [-0.4, -0.2) is 89.1 Å². The average molecular weight is 458 g/mol. The summed E-state index contributed by atoms with van der Waals surface area (Å²) < 4.78 is 5.46. The summed E-state index contributed by atoms with van der Waals surface area (Å²) in [6.07, 6.45) is -3.46. The van der Waals surface area contributed by atoms with Gasteiger partial charge in [0.05, 0.1) is 32.0 Å². The Hall–Kier alpha value is -2.20. The zero-order valence-corrected chi connectivity index (χ0v) is 19.1. The van der Waals surface area contributed by atoms with Gasteiger partial charge < -0.3 is 35.4 Å². The van der Waals surface area contributed by atoms with E-state index in [1.807, 2.05) is 17.0 Å². The number of hydrogen-bond acceptors (Lipinski definition) is 8. The van der Waals surface area contributed by atoms with Crippen LogP contribution in [0.2, 0.25) is 0 Å². The number of morpholine rings is 1. The number of aliphatic hydroxyl groups is 4. The molecular formula is C25H35N3O5. The Bertz CT molecular complexity index is 903. The number of aryl methyl sites for hydroxylation is 1. The van der Waals surface area contributed by atoms with Gasteiger partial charge in [0, 0.05) is 44.1 Å². The van der Waals surface area contributed by atoms with Gasteiger partial charge in [0.15, 0.2) is 0 Å². The van der Waals surface area contributed by atoms with Crippen LogP contribution >= 0.6 is 0 Å². The van der Waals surface area contributed by atoms with Crippen molar-refractivity contribution >= 4 is 11.4 Å². The fraction of sp³-hybridized carbons (Fsp3) is 0.520. The van der Waals surface area contributed by atoms with Crippen molar-refractivity contribution in [3.05, 3.63) is 59.2 Å². The summed E-state index contributed by atoms with van der Waals surface area (Å²) in [5.41, 5.74) is 5.66. The van der Waals surface area contributed by atoms with Crippen molar-refractivity contribution in [1.82, 2.24) is 4.90 Å². The summed E-state index contributed by atoms with van der Waals surface area (Å²) >= 11 is 0. The first-order valence-corrected chi connectivity index (χ1v) is 11.6. The number of ether oxygens (including phenoxy) is 1. The third kappa shape index (κ3) is 5.84. The number of aliphatic hydroxyl groups excluding tert-OH is 4. The first-order valence-electron chi connectivity index (χ1n) is 11.6. The topological polar surface area (TPSA) is 109 Å². The van der Waals surface area contributed by atoms with Crippen LogP contribution in [0.4, 0.5) is 11.4 Å². The van der Waals surface area contributed by atoms with Gasteiger partial charge in [0.25, 0.3) is 0 Å². The highest BCUT2D eigenvalue weighted by molar-refractivity contribution is 5.60. The van der Waals surface area contributed by atoms with E-state index in [2.05, 4.69) is 47.5 Å². The van der Waals surface area contributed by atoms with E-state index in [4.69, 9.17) is 4.74 Å². The maximum atomic E-state index is 10.2. The normalized spacial score (nSPS) is 26.4. The van der Waals surface area contributed by atoms with Gasteiger partial charge in [-0.25, -0.2) is 0 Å². The molecule has 2 aliphatic rings. The molecule has 0 radical (unpaired) electrons. The average Bonchev–Trinajstić information content (AvgIpc) is 2.83. The highest BCUT2D eigenvalue weighted by Gasteiger charge is 2.40. The molecule has 4 atom stereocenters. The molecule has 0 amide bonds. The van der Waals surface area contributed by atoms with Crippen molar-refractivity contribution in [1.29, 1.82) is 0 Å². The van der Waals surface area contributed by atoms with E-state index < -0.39 is 24.4 Å². The van der Waals surface area contributed by atoms with Gasteiger partial charge in [-0.15, -0.1) is 0 Å². The van der Waals surface area contributed by atoms with Crippen molar-refractivity contribution in [3.8, 4) is 0 Å². The molecular weight excluding hydrogens is 422 g/mol. The molecule has 180 valence electrons. The maximum absolute atomic E-state index is 10.2. The molecule has 2 aliphatic heterocycles. The molecule has 4 rings (SSSR count). The van der Waals surface area contributed by atoms with E-state index in [-0.39, 0.29) is 13.2 Å². The zero-order chi connectivity index (χ0) is 23.4. The van der Waals surface area contributed by atoms with Crippen LogP contribution in [0.25, 0.3) is 0 Å². The van der Waals surface area contributed by atoms with Gasteiger partial charge >= 0.3 is 0 Å². The minimum atomic E-state index is -1.24. The van der Waals surface area contributed by atoms with E-state index in [1.54, 1.807) is 0 Å². The zero-order valence-electron chi connectivity index (χ0n) is 19.1. The van der Waals surface area contributed by atoms with Crippen molar-refractivity contribution in [2.75, 3.05) is 49.7 Å². The van der Waals surface area contributed by atoms with Gasteiger partial charge in [-0.3, -0.25) is 4.90 Å². The number of rotatable bonds is 7. The molecule has 8 nitrogen and oxygen atoms in total. The quantitative estimate of drug-likeness (QED) is 0.414. The Kier molecular flexibility index (Phi) is 7.85. The first kappa shape index (κ1) is 23.9.